The lowest BCUT2D eigenvalue weighted by molar-refractivity contribution is 0.466. The molecule has 0 spiro atoms. The minimum absolute atomic E-state index is 0.403. The van der Waals surface area contributed by atoms with E-state index in [0.29, 0.717) is 18.0 Å². The summed E-state index contributed by atoms with van der Waals surface area (Å²) in [5.74, 6) is 0. The van der Waals surface area contributed by atoms with E-state index in [0.717, 1.165) is 16.0 Å². The number of thiophene rings is 2. The monoisotopic (exact) mass is 330 g/mol. The molecule has 4 nitrogen and oxygen atoms in total. The summed E-state index contributed by atoms with van der Waals surface area (Å²) in [6.07, 6.45) is 0. The molecule has 110 valence electrons. The van der Waals surface area contributed by atoms with Crippen molar-refractivity contribution < 1.29 is 8.42 Å². The summed E-state index contributed by atoms with van der Waals surface area (Å²) >= 11 is 3.06. The molecule has 2 aromatic heterocycles. The summed E-state index contributed by atoms with van der Waals surface area (Å²) in [6.45, 7) is 2.82. The molecule has 0 radical (unpaired) electrons. The number of aryl methyl sites for hydroxylation is 1. The van der Waals surface area contributed by atoms with Gasteiger partial charge in [0.1, 0.15) is 4.90 Å². The van der Waals surface area contributed by atoms with Gasteiger partial charge in [-0.15, -0.1) is 11.3 Å². The van der Waals surface area contributed by atoms with Gasteiger partial charge in [0, 0.05) is 25.0 Å². The topological polar surface area (TPSA) is 49.4 Å². The summed E-state index contributed by atoms with van der Waals surface area (Å²) in [7, 11) is 0.00529. The highest BCUT2D eigenvalue weighted by molar-refractivity contribution is 7.89. The number of nitrogens with zero attached hydrogens (tertiary/aromatic N) is 1. The number of nitrogens with one attached hydrogen (secondary N) is 1. The predicted molar refractivity (Wildman–Crippen MR) is 84.8 cm³/mol. The number of rotatable bonds is 6. The molecule has 0 aromatic carbocycles. The van der Waals surface area contributed by atoms with Gasteiger partial charge in [-0.3, -0.25) is 0 Å². The maximum absolute atomic E-state index is 12.7. The van der Waals surface area contributed by atoms with Crippen molar-refractivity contribution >= 4 is 32.7 Å². The Kier molecular flexibility index (Phi) is 4.98. The molecule has 0 unspecified atom stereocenters. The van der Waals surface area contributed by atoms with Gasteiger partial charge in [0.2, 0.25) is 10.0 Å². The van der Waals surface area contributed by atoms with E-state index in [2.05, 4.69) is 5.32 Å². The summed E-state index contributed by atoms with van der Waals surface area (Å²) in [5, 5.41) is 8.85. The molecule has 0 bridgehead atoms. The van der Waals surface area contributed by atoms with Crippen molar-refractivity contribution in [2.45, 2.75) is 24.9 Å². The molecule has 2 rings (SSSR count). The third-order valence-corrected chi connectivity index (χ3v) is 6.98. The molecule has 0 aliphatic heterocycles. The van der Waals surface area contributed by atoms with Crippen LogP contribution in [0.1, 0.15) is 16.0 Å². The second-order valence-corrected chi connectivity index (χ2v) is 8.32. The maximum atomic E-state index is 12.7. The van der Waals surface area contributed by atoms with Gasteiger partial charge in [-0.1, -0.05) is 0 Å². The van der Waals surface area contributed by atoms with E-state index in [1.807, 2.05) is 36.2 Å². The van der Waals surface area contributed by atoms with E-state index in [9.17, 15) is 8.42 Å². The van der Waals surface area contributed by atoms with Gasteiger partial charge >= 0.3 is 0 Å². The van der Waals surface area contributed by atoms with E-state index in [1.165, 1.54) is 15.6 Å². The number of hydrogen-bond donors (Lipinski definition) is 1. The van der Waals surface area contributed by atoms with Crippen LogP contribution in [0.5, 0.6) is 0 Å². The van der Waals surface area contributed by atoms with Crippen LogP contribution < -0.4 is 5.32 Å². The van der Waals surface area contributed by atoms with E-state index >= 15 is 0 Å². The lowest BCUT2D eigenvalue weighted by atomic mass is 10.3. The van der Waals surface area contributed by atoms with Crippen molar-refractivity contribution in [3.63, 3.8) is 0 Å². The molecule has 0 aliphatic carbocycles. The van der Waals surface area contributed by atoms with Crippen LogP contribution in [-0.2, 0) is 23.1 Å². The maximum Gasteiger partial charge on any atom is 0.244 e. The molecule has 0 saturated heterocycles. The Morgan fingerprint density at radius 3 is 2.70 bits per heavy atom. The first-order valence-corrected chi connectivity index (χ1v) is 9.42. The lowest BCUT2D eigenvalue weighted by Gasteiger charge is -2.18. The zero-order valence-corrected chi connectivity index (χ0v) is 14.2. The largest absolute Gasteiger partial charge is 0.315 e. The normalized spacial score (nSPS) is 12.2. The van der Waals surface area contributed by atoms with Gasteiger partial charge < -0.3 is 5.32 Å². The molecule has 0 fully saturated rings. The molecular formula is C13H18N2O2S3. The molecule has 0 aliphatic rings. The van der Waals surface area contributed by atoms with Crippen molar-refractivity contribution in [3.8, 4) is 0 Å². The zero-order valence-electron chi connectivity index (χ0n) is 11.7. The minimum Gasteiger partial charge on any atom is -0.315 e. The molecule has 20 heavy (non-hydrogen) atoms. The molecule has 7 heteroatoms. The van der Waals surface area contributed by atoms with Crippen molar-refractivity contribution in [1.29, 1.82) is 0 Å². The summed E-state index contributed by atoms with van der Waals surface area (Å²) in [5.41, 5.74) is 1.83. The summed E-state index contributed by atoms with van der Waals surface area (Å²) in [6, 6.07) is 1.95. The molecule has 1 N–H and O–H groups in total. The van der Waals surface area contributed by atoms with Gasteiger partial charge in [-0.25, -0.2) is 8.42 Å². The second kappa shape index (κ2) is 6.36. The predicted octanol–water partition coefficient (Wildman–Crippen LogP) is 2.66. The van der Waals surface area contributed by atoms with Gasteiger partial charge in [0.05, 0.1) is 0 Å². The Balaban J connectivity index is 2.32. The van der Waals surface area contributed by atoms with Crippen LogP contribution >= 0.6 is 22.7 Å². The molecule has 2 heterocycles. The van der Waals surface area contributed by atoms with E-state index in [-0.39, 0.29) is 0 Å². The average molecular weight is 330 g/mol. The Labute approximate surface area is 128 Å². The van der Waals surface area contributed by atoms with Crippen molar-refractivity contribution in [2.75, 3.05) is 14.1 Å². The Morgan fingerprint density at radius 2 is 2.10 bits per heavy atom. The third kappa shape index (κ3) is 3.12. The van der Waals surface area contributed by atoms with E-state index in [1.54, 1.807) is 18.4 Å². The van der Waals surface area contributed by atoms with Crippen LogP contribution in [-0.4, -0.2) is 26.8 Å². The fourth-order valence-corrected chi connectivity index (χ4v) is 5.58. The highest BCUT2D eigenvalue weighted by Gasteiger charge is 2.27. The van der Waals surface area contributed by atoms with Gasteiger partial charge in [-0.05, 0) is 47.3 Å². The summed E-state index contributed by atoms with van der Waals surface area (Å²) < 4.78 is 26.9. The molecule has 0 atom stereocenters. The van der Waals surface area contributed by atoms with Crippen LogP contribution in [0.25, 0.3) is 0 Å². The third-order valence-electron chi connectivity index (χ3n) is 2.98. The molecular weight excluding hydrogens is 312 g/mol. The van der Waals surface area contributed by atoms with E-state index < -0.39 is 10.0 Å². The Hall–Kier alpha value is -0.730. The highest BCUT2D eigenvalue weighted by atomic mass is 32.2. The smallest absolute Gasteiger partial charge is 0.244 e. The van der Waals surface area contributed by atoms with E-state index in [4.69, 9.17) is 0 Å². The standard InChI is InChI=1S/C13H18N2O2S3/c1-10-8-19-12(6-14-2)13(10)20(16,17)15(3)7-11-4-5-18-9-11/h4-5,8-9,14H,6-7H2,1-3H3. The minimum atomic E-state index is -3.45. The number of hydrogen-bond acceptors (Lipinski definition) is 5. The van der Waals surface area contributed by atoms with Crippen molar-refractivity contribution in [2.24, 2.45) is 0 Å². The van der Waals surface area contributed by atoms with Crippen molar-refractivity contribution in [1.82, 2.24) is 9.62 Å². The summed E-state index contributed by atoms with van der Waals surface area (Å²) in [4.78, 5) is 1.32. The fourth-order valence-electron chi connectivity index (χ4n) is 2.00. The SMILES string of the molecule is CNCc1scc(C)c1S(=O)(=O)N(C)Cc1ccsc1. The Morgan fingerprint density at radius 1 is 1.35 bits per heavy atom. The van der Waals surface area contributed by atoms with Crippen LogP contribution in [0.2, 0.25) is 0 Å². The van der Waals surface area contributed by atoms with Gasteiger partial charge in [0.25, 0.3) is 0 Å². The zero-order chi connectivity index (χ0) is 14.8. The van der Waals surface area contributed by atoms with Crippen LogP contribution in [0.4, 0.5) is 0 Å². The fraction of sp³-hybridized carbons (Fsp3) is 0.385. The quantitative estimate of drug-likeness (QED) is 0.886. The van der Waals surface area contributed by atoms with Gasteiger partial charge in [-0.2, -0.15) is 15.6 Å². The van der Waals surface area contributed by atoms with Gasteiger partial charge in [0.15, 0.2) is 0 Å². The van der Waals surface area contributed by atoms with Crippen molar-refractivity contribution in [3.05, 3.63) is 38.2 Å². The molecule has 0 amide bonds. The lowest BCUT2D eigenvalue weighted by Crippen LogP contribution is -2.27. The van der Waals surface area contributed by atoms with Crippen LogP contribution in [0.3, 0.4) is 0 Å². The first-order chi connectivity index (χ1) is 9.46. The first-order valence-electron chi connectivity index (χ1n) is 6.15. The Bertz CT molecular complexity index is 660. The number of sulfonamides is 1. The first kappa shape index (κ1) is 15.7. The average Bonchev–Trinajstić information content (AvgIpc) is 3.00. The van der Waals surface area contributed by atoms with Crippen LogP contribution in [0, 0.1) is 6.92 Å². The second-order valence-electron chi connectivity index (χ2n) is 4.59. The van der Waals surface area contributed by atoms with Crippen LogP contribution in [0.15, 0.2) is 27.1 Å². The highest BCUT2D eigenvalue weighted by Crippen LogP contribution is 2.29. The molecule has 2 aromatic rings. The molecule has 0 saturated carbocycles.